The van der Waals surface area contributed by atoms with Gasteiger partial charge in [0.25, 0.3) is 0 Å². The second-order valence-corrected chi connectivity index (χ2v) is 5.91. The van der Waals surface area contributed by atoms with Crippen LogP contribution in [-0.2, 0) is 13.1 Å². The molecule has 0 aliphatic heterocycles. The summed E-state index contributed by atoms with van der Waals surface area (Å²) in [6.45, 7) is 5.40. The van der Waals surface area contributed by atoms with Crippen molar-refractivity contribution in [2.75, 3.05) is 21.3 Å². The van der Waals surface area contributed by atoms with Crippen LogP contribution in [0.4, 0.5) is 0 Å². The van der Waals surface area contributed by atoms with Gasteiger partial charge in [0.15, 0.2) is 23.0 Å². The Bertz CT molecular complexity index is 685. The molecule has 2 aromatic carbocycles. The summed E-state index contributed by atoms with van der Waals surface area (Å²) < 4.78 is 22.0. The second-order valence-electron chi connectivity index (χ2n) is 5.91. The summed E-state index contributed by atoms with van der Waals surface area (Å²) in [5.74, 6) is 3.00. The Morgan fingerprint density at radius 1 is 0.840 bits per heavy atom. The first-order valence-corrected chi connectivity index (χ1v) is 8.33. The van der Waals surface area contributed by atoms with Crippen molar-refractivity contribution in [3.05, 3.63) is 47.5 Å². The summed E-state index contributed by atoms with van der Waals surface area (Å²) in [4.78, 5) is 0. The smallest absolute Gasteiger partial charge is 0.166 e. The van der Waals surface area contributed by atoms with Gasteiger partial charge in [-0.2, -0.15) is 0 Å². The lowest BCUT2D eigenvalue weighted by Gasteiger charge is -2.18. The zero-order valence-electron chi connectivity index (χ0n) is 15.6. The molecule has 2 rings (SSSR count). The first kappa shape index (κ1) is 18.9. The summed E-state index contributed by atoms with van der Waals surface area (Å²) in [5, 5.41) is 3.44. The van der Waals surface area contributed by atoms with E-state index < -0.39 is 0 Å². The van der Waals surface area contributed by atoms with Gasteiger partial charge in [0, 0.05) is 18.7 Å². The van der Waals surface area contributed by atoms with Crippen LogP contribution in [0, 0.1) is 0 Å². The molecule has 0 amide bonds. The van der Waals surface area contributed by atoms with Crippen LogP contribution in [0.3, 0.4) is 0 Å². The van der Waals surface area contributed by atoms with E-state index in [-0.39, 0.29) is 6.10 Å². The van der Waals surface area contributed by atoms with E-state index in [1.807, 2.05) is 50.2 Å². The molecule has 0 bridgehead atoms. The molecule has 0 aliphatic carbocycles. The Balaban J connectivity index is 2.07. The van der Waals surface area contributed by atoms with Gasteiger partial charge in [-0.3, -0.25) is 0 Å². The highest BCUT2D eigenvalue weighted by molar-refractivity contribution is 5.47. The molecule has 0 unspecified atom stereocenters. The lowest BCUT2D eigenvalue weighted by atomic mass is 10.1. The molecule has 25 heavy (non-hydrogen) atoms. The van der Waals surface area contributed by atoms with Gasteiger partial charge in [0.1, 0.15) is 0 Å². The molecule has 0 aromatic heterocycles. The molecule has 136 valence electrons. The maximum atomic E-state index is 5.94. The normalized spacial score (nSPS) is 10.6. The van der Waals surface area contributed by atoms with Crippen LogP contribution in [0.1, 0.15) is 25.0 Å². The fourth-order valence-electron chi connectivity index (χ4n) is 2.56. The van der Waals surface area contributed by atoms with Crippen molar-refractivity contribution in [2.24, 2.45) is 0 Å². The van der Waals surface area contributed by atoms with Gasteiger partial charge in [-0.1, -0.05) is 18.2 Å². The number of benzene rings is 2. The average molecular weight is 345 g/mol. The van der Waals surface area contributed by atoms with Gasteiger partial charge < -0.3 is 24.3 Å². The van der Waals surface area contributed by atoms with E-state index in [4.69, 9.17) is 18.9 Å². The largest absolute Gasteiger partial charge is 0.493 e. The molecule has 2 aromatic rings. The van der Waals surface area contributed by atoms with Gasteiger partial charge in [-0.25, -0.2) is 0 Å². The van der Waals surface area contributed by atoms with E-state index in [1.165, 1.54) is 0 Å². The van der Waals surface area contributed by atoms with E-state index in [0.717, 1.165) is 34.1 Å². The summed E-state index contributed by atoms with van der Waals surface area (Å²) in [7, 11) is 4.93. The zero-order valence-corrected chi connectivity index (χ0v) is 15.6. The summed E-state index contributed by atoms with van der Waals surface area (Å²) >= 11 is 0. The fraction of sp³-hybridized carbons (Fsp3) is 0.400. The van der Waals surface area contributed by atoms with E-state index in [2.05, 4.69) is 5.32 Å². The van der Waals surface area contributed by atoms with Crippen molar-refractivity contribution in [1.82, 2.24) is 5.32 Å². The van der Waals surface area contributed by atoms with Crippen LogP contribution in [0.5, 0.6) is 23.0 Å². The molecule has 5 heteroatoms. The standard InChI is InChI=1S/C20H27NO4/c1-14(2)25-20-16(7-6-8-18(20)23-4)13-21-12-15-9-10-17(22-3)19(11-15)24-5/h6-11,14,21H,12-13H2,1-5H3. The number of hydrogen-bond acceptors (Lipinski definition) is 5. The maximum absolute atomic E-state index is 5.94. The van der Waals surface area contributed by atoms with Crippen molar-refractivity contribution < 1.29 is 18.9 Å². The number of ether oxygens (including phenoxy) is 4. The van der Waals surface area contributed by atoms with Gasteiger partial charge in [0.05, 0.1) is 27.4 Å². The van der Waals surface area contributed by atoms with Gasteiger partial charge in [0.2, 0.25) is 0 Å². The molecule has 0 saturated carbocycles. The number of rotatable bonds is 9. The summed E-state index contributed by atoms with van der Waals surface area (Å²) in [5.41, 5.74) is 2.18. The average Bonchev–Trinajstić information content (AvgIpc) is 2.62. The van der Waals surface area contributed by atoms with Crippen LogP contribution in [-0.4, -0.2) is 27.4 Å². The van der Waals surface area contributed by atoms with Crippen molar-refractivity contribution in [3.63, 3.8) is 0 Å². The monoisotopic (exact) mass is 345 g/mol. The Labute approximate surface area is 149 Å². The highest BCUT2D eigenvalue weighted by atomic mass is 16.5. The molecule has 0 atom stereocenters. The summed E-state index contributed by atoms with van der Waals surface area (Å²) in [6.07, 6.45) is 0.0842. The zero-order chi connectivity index (χ0) is 18.2. The van der Waals surface area contributed by atoms with Crippen molar-refractivity contribution in [2.45, 2.75) is 33.0 Å². The van der Waals surface area contributed by atoms with Crippen LogP contribution in [0.2, 0.25) is 0 Å². The predicted octanol–water partition coefficient (Wildman–Crippen LogP) is 3.79. The molecule has 0 saturated heterocycles. The number of hydrogen-bond donors (Lipinski definition) is 1. The van der Waals surface area contributed by atoms with Crippen LogP contribution >= 0.6 is 0 Å². The molecule has 0 radical (unpaired) electrons. The molecular weight excluding hydrogens is 318 g/mol. The van der Waals surface area contributed by atoms with Gasteiger partial charge in [-0.05, 0) is 37.6 Å². The van der Waals surface area contributed by atoms with Crippen LogP contribution in [0.25, 0.3) is 0 Å². The maximum Gasteiger partial charge on any atom is 0.166 e. The Morgan fingerprint density at radius 3 is 2.20 bits per heavy atom. The highest BCUT2D eigenvalue weighted by Crippen LogP contribution is 2.32. The number of para-hydroxylation sites is 1. The molecule has 0 aliphatic rings. The molecular formula is C20H27NO4. The molecule has 0 spiro atoms. The van der Waals surface area contributed by atoms with E-state index in [9.17, 15) is 0 Å². The molecule has 1 N–H and O–H groups in total. The number of methoxy groups -OCH3 is 3. The van der Waals surface area contributed by atoms with Crippen molar-refractivity contribution in [1.29, 1.82) is 0 Å². The molecule has 0 heterocycles. The third-order valence-electron chi connectivity index (χ3n) is 3.73. The van der Waals surface area contributed by atoms with E-state index in [1.54, 1.807) is 21.3 Å². The highest BCUT2D eigenvalue weighted by Gasteiger charge is 2.12. The van der Waals surface area contributed by atoms with Crippen LogP contribution < -0.4 is 24.3 Å². The van der Waals surface area contributed by atoms with Gasteiger partial charge in [-0.15, -0.1) is 0 Å². The minimum absolute atomic E-state index is 0.0842. The minimum Gasteiger partial charge on any atom is -0.493 e. The summed E-state index contributed by atoms with van der Waals surface area (Å²) in [6, 6.07) is 11.8. The SMILES string of the molecule is COc1ccc(CNCc2cccc(OC)c2OC(C)C)cc1OC. The first-order valence-electron chi connectivity index (χ1n) is 8.33. The third-order valence-corrected chi connectivity index (χ3v) is 3.73. The van der Waals surface area contributed by atoms with Crippen LogP contribution in [0.15, 0.2) is 36.4 Å². The van der Waals surface area contributed by atoms with E-state index in [0.29, 0.717) is 13.1 Å². The predicted molar refractivity (Wildman–Crippen MR) is 98.8 cm³/mol. The van der Waals surface area contributed by atoms with Gasteiger partial charge >= 0.3 is 0 Å². The minimum atomic E-state index is 0.0842. The second kappa shape index (κ2) is 9.18. The van der Waals surface area contributed by atoms with Crippen molar-refractivity contribution >= 4 is 0 Å². The topological polar surface area (TPSA) is 49.0 Å². The van der Waals surface area contributed by atoms with Crippen molar-refractivity contribution in [3.8, 4) is 23.0 Å². The molecule has 0 fully saturated rings. The lowest BCUT2D eigenvalue weighted by Crippen LogP contribution is -2.15. The fourth-order valence-corrected chi connectivity index (χ4v) is 2.56. The Morgan fingerprint density at radius 2 is 1.56 bits per heavy atom. The third kappa shape index (κ3) is 5.03. The Kier molecular flexibility index (Phi) is 6.95. The quantitative estimate of drug-likeness (QED) is 0.749. The first-order chi connectivity index (χ1) is 12.1. The Hall–Kier alpha value is -2.40. The van der Waals surface area contributed by atoms with E-state index >= 15 is 0 Å². The molecule has 5 nitrogen and oxygen atoms in total. The lowest BCUT2D eigenvalue weighted by molar-refractivity contribution is 0.227. The number of nitrogens with one attached hydrogen (secondary N) is 1.